The zero-order valence-corrected chi connectivity index (χ0v) is 52.2. The molecule has 2 aromatic carbocycles. The van der Waals surface area contributed by atoms with Gasteiger partial charge in [0.25, 0.3) is 5.56 Å². The highest BCUT2D eigenvalue weighted by Crippen LogP contribution is 2.42. The fourth-order valence-corrected chi connectivity index (χ4v) is 11.9. The van der Waals surface area contributed by atoms with Gasteiger partial charge in [0.1, 0.15) is 32.5 Å². The highest BCUT2D eigenvalue weighted by Gasteiger charge is 2.51. The number of nitrogens with zero attached hydrogens (tertiary/aromatic N) is 5. The summed E-state index contributed by atoms with van der Waals surface area (Å²) in [5, 5.41) is 14.7. The Morgan fingerprint density at radius 2 is 1.64 bits per heavy atom. The molecule has 0 saturated heterocycles. The number of pyridine rings is 2. The molecule has 0 aliphatic carbocycles. The first-order valence-electron chi connectivity index (χ1n) is 29.2. The summed E-state index contributed by atoms with van der Waals surface area (Å²) in [7, 11) is -3.55. The fraction of sp³-hybridized carbons (Fsp3) is 0.459. The number of anilines is 1. The molecule has 6 amide bonds. The first-order valence-corrected chi connectivity index (χ1v) is 32.0. The molecule has 0 bridgehead atoms. The van der Waals surface area contributed by atoms with Crippen LogP contribution in [-0.4, -0.2) is 151 Å². The standard InChI is InChI=1S/C61H75N11O15S2/c1-7-61(47-30-50-54-45(33-71(50)56(77)46(47)35-85-57(61)78)43(44-16-12-13-17-48(44)70-54)22-26-72(38(3)4)89(6,81)82)87-60(80)86-34-41-20-21-42(29-39(41)5)68-55(76)49(18-14-23-65-58(62)79)69-53(75)37-84-36-52(74)64-25-28-83-27-24-63-51(73)19-11-9-10-15-40-31-66-59(67-32-40)88-8-2/h12-13,16-17,20-21,29-32,38,49H,7-9,11,14,18-19,22-28,33-37H2,1-6H3,(H,63,73)(H,64,74)(H,68,76)(H,69,75)(H3,62,65,79)/t49-,61-/m0/s1. The highest BCUT2D eigenvalue weighted by atomic mass is 32.2. The molecule has 0 spiro atoms. The number of nitrogens with two attached hydrogens (primary N) is 1. The predicted octanol–water partition coefficient (Wildman–Crippen LogP) is 4.22. The molecule has 26 nitrogen and oxygen atoms in total. The first kappa shape index (κ1) is 68.0. The van der Waals surface area contributed by atoms with Crippen molar-refractivity contribution in [1.82, 2.24) is 45.1 Å². The number of fused-ring (bicyclic) bond motifs is 5. The molecule has 7 rings (SSSR count). The molecule has 5 heterocycles. The van der Waals surface area contributed by atoms with Crippen molar-refractivity contribution < 1.29 is 65.7 Å². The van der Waals surface area contributed by atoms with Gasteiger partial charge >= 0.3 is 18.2 Å². The third-order valence-electron chi connectivity index (χ3n) is 14.5. The van der Waals surface area contributed by atoms with Gasteiger partial charge in [-0.05, 0) is 99.6 Å². The molecule has 5 aromatic rings. The molecule has 0 unspecified atom stereocenters. The van der Waals surface area contributed by atoms with Gasteiger partial charge in [-0.3, -0.25) is 24.0 Å². The number of amides is 6. The van der Waals surface area contributed by atoms with E-state index in [1.807, 2.05) is 31.2 Å². The van der Waals surface area contributed by atoms with Crippen LogP contribution < -0.4 is 37.9 Å². The van der Waals surface area contributed by atoms with Gasteiger partial charge in [-0.25, -0.2) is 37.8 Å². The molecule has 476 valence electrons. The number of ether oxygens (including phenoxy) is 5. The predicted molar refractivity (Wildman–Crippen MR) is 329 cm³/mol. The van der Waals surface area contributed by atoms with Gasteiger partial charge in [0.2, 0.25) is 39.3 Å². The number of hydrogen-bond donors (Lipinski definition) is 6. The van der Waals surface area contributed by atoms with Crippen molar-refractivity contribution in [3.8, 4) is 23.2 Å². The number of aromatic nitrogens is 4. The number of urea groups is 1. The number of unbranched alkanes of at least 4 members (excludes halogenated alkanes) is 1. The number of thioether (sulfide) groups is 1. The average Bonchev–Trinajstić information content (AvgIpc) is 1.75. The van der Waals surface area contributed by atoms with Crippen molar-refractivity contribution in [3.63, 3.8) is 0 Å². The lowest BCUT2D eigenvalue weighted by atomic mass is 9.85. The lowest BCUT2D eigenvalue weighted by Crippen LogP contribution is -2.47. The zero-order valence-electron chi connectivity index (χ0n) is 50.6. The molecular formula is C61H75N11O15S2. The molecule has 0 radical (unpaired) electrons. The van der Waals surface area contributed by atoms with Crippen LogP contribution in [0.2, 0.25) is 0 Å². The monoisotopic (exact) mass is 1270 g/mol. The summed E-state index contributed by atoms with van der Waals surface area (Å²) in [4.78, 5) is 118. The van der Waals surface area contributed by atoms with Crippen molar-refractivity contribution in [1.29, 1.82) is 0 Å². The van der Waals surface area contributed by atoms with Crippen LogP contribution in [0, 0.1) is 18.8 Å². The van der Waals surface area contributed by atoms with Gasteiger partial charge in [-0.2, -0.15) is 4.31 Å². The minimum Gasteiger partial charge on any atom is -0.457 e. The molecular weight excluding hydrogens is 1190 g/mol. The van der Waals surface area contributed by atoms with E-state index in [0.29, 0.717) is 70.1 Å². The Bertz CT molecular complexity index is 3670. The van der Waals surface area contributed by atoms with Gasteiger partial charge in [0, 0.05) is 79.7 Å². The first-order chi connectivity index (χ1) is 42.6. The van der Waals surface area contributed by atoms with Crippen molar-refractivity contribution in [2.45, 2.75) is 122 Å². The lowest BCUT2D eigenvalue weighted by Gasteiger charge is -2.35. The molecule has 7 N–H and O–H groups in total. The largest absolute Gasteiger partial charge is 0.510 e. The Morgan fingerprint density at radius 3 is 2.34 bits per heavy atom. The number of sulfonamides is 1. The Balaban J connectivity index is 0.878. The molecule has 3 aromatic heterocycles. The molecule has 2 aliphatic heterocycles. The summed E-state index contributed by atoms with van der Waals surface area (Å²) >= 11 is 1.55. The zero-order chi connectivity index (χ0) is 64.3. The fourth-order valence-electron chi connectivity index (χ4n) is 10.2. The van der Waals surface area contributed by atoms with E-state index in [1.54, 1.807) is 76.1 Å². The Hall–Kier alpha value is -8.49. The molecule has 89 heavy (non-hydrogen) atoms. The van der Waals surface area contributed by atoms with E-state index in [4.69, 9.17) is 34.4 Å². The minimum atomic E-state index is -3.55. The van der Waals surface area contributed by atoms with Gasteiger partial charge in [0.15, 0.2) is 5.16 Å². The topological polar surface area (TPSA) is 350 Å². The summed E-state index contributed by atoms with van der Waals surface area (Å²) < 4.78 is 56.3. The Kier molecular flexibility index (Phi) is 24.5. The Labute approximate surface area is 519 Å². The highest BCUT2D eigenvalue weighted by molar-refractivity contribution is 7.99. The van der Waals surface area contributed by atoms with E-state index in [9.17, 15) is 46.8 Å². The van der Waals surface area contributed by atoms with E-state index in [2.05, 4.69) is 48.4 Å². The summed E-state index contributed by atoms with van der Waals surface area (Å²) in [6.45, 7) is 8.40. The number of esters is 1. The molecule has 28 heteroatoms. The molecule has 0 fully saturated rings. The third kappa shape index (κ3) is 18.5. The van der Waals surface area contributed by atoms with Crippen LogP contribution >= 0.6 is 11.8 Å². The van der Waals surface area contributed by atoms with Crippen LogP contribution in [0.5, 0.6) is 0 Å². The van der Waals surface area contributed by atoms with Crippen LogP contribution in [0.3, 0.4) is 0 Å². The number of aryl methyl sites for hydroxylation is 1. The third-order valence-corrected chi connectivity index (χ3v) is 16.8. The number of rotatable bonds is 31. The second-order valence-corrected chi connectivity index (χ2v) is 24.4. The van der Waals surface area contributed by atoms with Gasteiger partial charge in [-0.1, -0.05) is 61.7 Å². The van der Waals surface area contributed by atoms with Crippen LogP contribution in [0.15, 0.2) is 70.9 Å². The van der Waals surface area contributed by atoms with Gasteiger partial charge in [0.05, 0.1) is 54.0 Å². The van der Waals surface area contributed by atoms with E-state index >= 15 is 0 Å². The smallest absolute Gasteiger partial charge is 0.457 e. The van der Waals surface area contributed by atoms with E-state index in [1.165, 1.54) is 15.1 Å². The number of cyclic esters (lactones) is 1. The minimum absolute atomic E-state index is 0.0683. The number of para-hydroxylation sites is 1. The van der Waals surface area contributed by atoms with Crippen molar-refractivity contribution in [3.05, 3.63) is 110 Å². The lowest BCUT2D eigenvalue weighted by molar-refractivity contribution is -0.175. The maximum Gasteiger partial charge on any atom is 0.510 e. The number of hydrogen-bond acceptors (Lipinski definition) is 19. The normalized spacial score (nSPS) is 14.3. The quantitative estimate of drug-likeness (QED) is 0.0117. The van der Waals surface area contributed by atoms with E-state index < -0.39 is 76.3 Å². The number of primary amides is 1. The Morgan fingerprint density at radius 1 is 0.910 bits per heavy atom. The van der Waals surface area contributed by atoms with Crippen LogP contribution in [-0.2, 0) is 89.5 Å². The number of carbonyl (C=O) groups is 7. The van der Waals surface area contributed by atoms with Gasteiger partial charge in [-0.15, -0.1) is 0 Å². The second kappa shape index (κ2) is 32.1. The summed E-state index contributed by atoms with van der Waals surface area (Å²) in [6.07, 6.45) is 5.22. The van der Waals surface area contributed by atoms with Crippen LogP contribution in [0.25, 0.3) is 22.3 Å². The van der Waals surface area contributed by atoms with Crippen molar-refractivity contribution in [2.24, 2.45) is 5.73 Å². The summed E-state index contributed by atoms with van der Waals surface area (Å²) in [6, 6.07) is 11.6. The maximum atomic E-state index is 14.4. The molecule has 2 atom stereocenters. The molecule has 0 saturated carbocycles. The van der Waals surface area contributed by atoms with Crippen LogP contribution in [0.4, 0.5) is 15.3 Å². The molecule has 2 aliphatic rings. The van der Waals surface area contributed by atoms with Crippen molar-refractivity contribution >= 4 is 80.2 Å². The number of nitrogens with one attached hydrogen (secondary N) is 5. The average molecular weight is 1270 g/mol. The second-order valence-electron chi connectivity index (χ2n) is 21.2. The summed E-state index contributed by atoms with van der Waals surface area (Å²) in [5.41, 5.74) is 8.00. The summed E-state index contributed by atoms with van der Waals surface area (Å²) in [5.74, 6) is 4.02. The van der Waals surface area contributed by atoms with Crippen LogP contribution in [0.1, 0.15) is 105 Å². The maximum absolute atomic E-state index is 14.4. The SMILES string of the molecule is CCSc1ncc(C#CCCCC(=O)NCCOCCNC(=O)COCC(=O)N[C@@H](CCCNC(N)=O)C(=O)Nc2ccc(COC(=O)O[C@]3(CC)C(=O)OCc4c3cc3n(c4=O)Cc4c-3nc3ccccc3c4CCN(C(C)C)S(C)(=O)=O)c(C)c2)cn1. The van der Waals surface area contributed by atoms with Gasteiger partial charge < -0.3 is 60.6 Å². The van der Waals surface area contributed by atoms with E-state index in [-0.39, 0.29) is 101 Å². The number of carbonyl (C=O) groups excluding carboxylic acids is 7. The van der Waals surface area contributed by atoms with E-state index in [0.717, 1.165) is 22.3 Å². The van der Waals surface area contributed by atoms with Crippen molar-refractivity contribution in [2.75, 3.05) is 69.9 Å². The number of benzene rings is 2.